The molecule has 0 unspecified atom stereocenters. The summed E-state index contributed by atoms with van der Waals surface area (Å²) >= 11 is 0. The van der Waals surface area contributed by atoms with Crippen LogP contribution in [-0.2, 0) is 18.7 Å². The van der Waals surface area contributed by atoms with Gasteiger partial charge >= 0.3 is 0 Å². The van der Waals surface area contributed by atoms with Gasteiger partial charge in [-0.2, -0.15) is 8.42 Å². The predicted molar refractivity (Wildman–Crippen MR) is 79.3 cm³/mol. The first-order valence-corrected chi connectivity index (χ1v) is 11.4. The number of hydrogen-bond donors (Lipinski definition) is 1. The molecule has 7 heteroatoms. The van der Waals surface area contributed by atoms with E-state index in [4.69, 9.17) is 8.61 Å². The molecule has 0 saturated carbocycles. The Hall–Kier alpha value is 0.0469. The van der Waals surface area contributed by atoms with Crippen molar-refractivity contribution in [2.45, 2.75) is 57.5 Å². The summed E-state index contributed by atoms with van der Waals surface area (Å²) in [4.78, 5) is 0. The lowest BCUT2D eigenvalue weighted by Crippen LogP contribution is -2.44. The molecule has 1 aliphatic heterocycles. The third-order valence-corrected chi connectivity index (χ3v) is 9.03. The maximum atomic E-state index is 11.0. The molecule has 5 nitrogen and oxygen atoms in total. The summed E-state index contributed by atoms with van der Waals surface area (Å²) in [6.07, 6.45) is 2.04. The minimum atomic E-state index is -3.36. The van der Waals surface area contributed by atoms with Crippen LogP contribution < -0.4 is 5.32 Å². The van der Waals surface area contributed by atoms with E-state index in [0.29, 0.717) is 0 Å². The molecule has 2 atom stereocenters. The van der Waals surface area contributed by atoms with E-state index in [-0.39, 0.29) is 23.8 Å². The van der Waals surface area contributed by atoms with Gasteiger partial charge in [-0.15, -0.1) is 0 Å². The Bertz CT molecular complexity index is 402. The lowest BCUT2D eigenvalue weighted by Gasteiger charge is -2.38. The van der Waals surface area contributed by atoms with Gasteiger partial charge in [0.15, 0.2) is 8.32 Å². The molecule has 0 aromatic carbocycles. The summed E-state index contributed by atoms with van der Waals surface area (Å²) in [6, 6.07) is 0.0597. The van der Waals surface area contributed by atoms with Crippen molar-refractivity contribution in [3.8, 4) is 0 Å². The number of rotatable bonds is 5. The molecule has 0 aromatic heterocycles. The van der Waals surface area contributed by atoms with Crippen LogP contribution in [0.2, 0.25) is 18.1 Å². The van der Waals surface area contributed by atoms with Crippen LogP contribution in [0.4, 0.5) is 0 Å². The van der Waals surface area contributed by atoms with Crippen molar-refractivity contribution in [1.82, 2.24) is 5.32 Å². The molecule has 114 valence electrons. The monoisotopic (exact) mass is 309 g/mol. The second-order valence-electron chi connectivity index (χ2n) is 6.83. The minimum Gasteiger partial charge on any atom is -0.413 e. The highest BCUT2D eigenvalue weighted by Gasteiger charge is 2.40. The minimum absolute atomic E-state index is 0.0597. The first-order chi connectivity index (χ1) is 8.41. The van der Waals surface area contributed by atoms with Crippen LogP contribution in [-0.4, -0.2) is 48.3 Å². The molecular weight excluding hydrogens is 282 g/mol. The standard InChI is InChI=1S/C12H27NO4SSi/c1-12(2,3)19(5,6)17-11-7-10(13-8-11)9-16-18(4,14)15/h10-11,13H,7-9H2,1-6H3/t10-,11-/m0/s1. The van der Waals surface area contributed by atoms with E-state index in [1.807, 2.05) is 0 Å². The molecule has 1 fully saturated rings. The van der Waals surface area contributed by atoms with Crippen molar-refractivity contribution in [2.24, 2.45) is 0 Å². The number of hydrogen-bond acceptors (Lipinski definition) is 5. The van der Waals surface area contributed by atoms with Gasteiger partial charge in [-0.3, -0.25) is 4.18 Å². The zero-order chi connectivity index (χ0) is 14.9. The van der Waals surface area contributed by atoms with E-state index >= 15 is 0 Å². The molecule has 0 spiro atoms. The van der Waals surface area contributed by atoms with Crippen LogP contribution in [0.15, 0.2) is 0 Å². The Labute approximate surface area is 118 Å². The second-order valence-corrected chi connectivity index (χ2v) is 13.2. The summed E-state index contributed by atoms with van der Waals surface area (Å²) in [5, 5.41) is 3.45. The summed E-state index contributed by atoms with van der Waals surface area (Å²) in [5.74, 6) is 0. The molecule has 1 aliphatic rings. The lowest BCUT2D eigenvalue weighted by atomic mass is 10.2. The van der Waals surface area contributed by atoms with Crippen molar-refractivity contribution >= 4 is 18.4 Å². The smallest absolute Gasteiger partial charge is 0.264 e. The first kappa shape index (κ1) is 17.1. The number of nitrogens with one attached hydrogen (secondary N) is 1. The molecule has 1 saturated heterocycles. The summed E-state index contributed by atoms with van der Waals surface area (Å²) < 4.78 is 33.0. The van der Waals surface area contributed by atoms with Gasteiger partial charge in [0, 0.05) is 12.6 Å². The zero-order valence-corrected chi connectivity index (χ0v) is 14.6. The maximum absolute atomic E-state index is 11.0. The highest BCUT2D eigenvalue weighted by Crippen LogP contribution is 2.38. The van der Waals surface area contributed by atoms with Gasteiger partial charge in [-0.1, -0.05) is 20.8 Å². The Balaban J connectivity index is 2.45. The summed E-state index contributed by atoms with van der Waals surface area (Å²) in [7, 11) is -5.12. The van der Waals surface area contributed by atoms with E-state index in [1.165, 1.54) is 0 Å². The Morgan fingerprint density at radius 1 is 1.32 bits per heavy atom. The SMILES string of the molecule is CC(C)(C)[Si](C)(C)O[C@@H]1CN[C@H](COS(C)(=O)=O)C1. The highest BCUT2D eigenvalue weighted by atomic mass is 32.2. The predicted octanol–water partition coefficient (Wildman–Crippen LogP) is 1.71. The van der Waals surface area contributed by atoms with E-state index in [0.717, 1.165) is 19.2 Å². The Kier molecular flexibility index (Phi) is 5.23. The fourth-order valence-electron chi connectivity index (χ4n) is 1.80. The normalized spacial score (nSPS) is 25.8. The quantitative estimate of drug-likeness (QED) is 0.619. The van der Waals surface area contributed by atoms with Crippen molar-refractivity contribution in [1.29, 1.82) is 0 Å². The zero-order valence-electron chi connectivity index (χ0n) is 12.8. The molecule has 0 bridgehead atoms. The van der Waals surface area contributed by atoms with Crippen molar-refractivity contribution in [2.75, 3.05) is 19.4 Å². The van der Waals surface area contributed by atoms with E-state index < -0.39 is 18.4 Å². The highest BCUT2D eigenvalue weighted by molar-refractivity contribution is 7.85. The summed E-state index contributed by atoms with van der Waals surface area (Å²) in [5.41, 5.74) is 0. The molecule has 0 amide bonds. The van der Waals surface area contributed by atoms with Gasteiger partial charge in [0.25, 0.3) is 10.1 Å². The lowest BCUT2D eigenvalue weighted by molar-refractivity contribution is 0.192. The average molecular weight is 310 g/mol. The second kappa shape index (κ2) is 5.81. The molecule has 1 rings (SSSR count). The van der Waals surface area contributed by atoms with E-state index in [9.17, 15) is 8.42 Å². The fourth-order valence-corrected chi connectivity index (χ4v) is 3.58. The van der Waals surface area contributed by atoms with Gasteiger partial charge in [0.1, 0.15) is 0 Å². The van der Waals surface area contributed by atoms with Crippen LogP contribution >= 0.6 is 0 Å². The molecule has 0 radical (unpaired) electrons. The van der Waals surface area contributed by atoms with Gasteiger partial charge < -0.3 is 9.74 Å². The largest absolute Gasteiger partial charge is 0.413 e. The van der Waals surface area contributed by atoms with Gasteiger partial charge in [-0.25, -0.2) is 0 Å². The molecule has 0 aliphatic carbocycles. The van der Waals surface area contributed by atoms with Crippen molar-refractivity contribution < 1.29 is 17.0 Å². The molecule has 19 heavy (non-hydrogen) atoms. The van der Waals surface area contributed by atoms with Crippen LogP contribution in [0, 0.1) is 0 Å². The van der Waals surface area contributed by atoms with Crippen LogP contribution in [0.3, 0.4) is 0 Å². The average Bonchev–Trinajstić information content (AvgIpc) is 2.59. The Morgan fingerprint density at radius 2 is 1.89 bits per heavy atom. The van der Waals surface area contributed by atoms with E-state index in [2.05, 4.69) is 39.2 Å². The van der Waals surface area contributed by atoms with Crippen LogP contribution in [0.1, 0.15) is 27.2 Å². The fraction of sp³-hybridized carbons (Fsp3) is 1.00. The molecule has 0 aromatic rings. The molecular formula is C12H27NO4SSi. The van der Waals surface area contributed by atoms with Crippen LogP contribution in [0.5, 0.6) is 0 Å². The van der Waals surface area contributed by atoms with Gasteiger partial charge in [0.05, 0.1) is 19.0 Å². The van der Waals surface area contributed by atoms with E-state index in [1.54, 1.807) is 0 Å². The molecule has 1 N–H and O–H groups in total. The van der Waals surface area contributed by atoms with Crippen molar-refractivity contribution in [3.63, 3.8) is 0 Å². The topological polar surface area (TPSA) is 64.6 Å². The van der Waals surface area contributed by atoms with Crippen LogP contribution in [0.25, 0.3) is 0 Å². The first-order valence-electron chi connectivity index (χ1n) is 6.66. The maximum Gasteiger partial charge on any atom is 0.264 e. The van der Waals surface area contributed by atoms with Gasteiger partial charge in [-0.05, 0) is 24.6 Å². The third-order valence-electron chi connectivity index (χ3n) is 3.93. The Morgan fingerprint density at radius 3 is 2.37 bits per heavy atom. The third kappa shape index (κ3) is 5.51. The van der Waals surface area contributed by atoms with Crippen molar-refractivity contribution in [3.05, 3.63) is 0 Å². The summed E-state index contributed by atoms with van der Waals surface area (Å²) in [6.45, 7) is 12.1. The molecule has 1 heterocycles. The van der Waals surface area contributed by atoms with Gasteiger partial charge in [0.2, 0.25) is 0 Å².